The second-order valence-corrected chi connectivity index (χ2v) is 13.1. The van der Waals surface area contributed by atoms with Gasteiger partial charge in [0, 0.05) is 35.8 Å². The molecule has 0 atom stereocenters. The van der Waals surface area contributed by atoms with E-state index in [1.165, 1.54) is 11.8 Å². The van der Waals surface area contributed by atoms with Gasteiger partial charge in [-0.1, -0.05) is 26.0 Å². The standard InChI is InChI=1S/C26H38N4O3S/c1-18-17-27-23(28-18)24(31)29-22-9-8-20(26(4,5)30(6)14-15-34(7,32)33)16-21(22)19-10-12-25(2,3)13-11-19/h8-10,16-17H,11-15H2,1-7H3,(H,27,28)(H,29,31). The van der Waals surface area contributed by atoms with Crippen LogP contribution in [-0.2, 0) is 15.4 Å². The molecule has 1 amide bonds. The summed E-state index contributed by atoms with van der Waals surface area (Å²) in [5, 5.41) is 3.04. The number of H-pyrrole nitrogens is 1. The topological polar surface area (TPSA) is 95.2 Å². The highest BCUT2D eigenvalue weighted by atomic mass is 32.2. The van der Waals surface area contributed by atoms with Gasteiger partial charge < -0.3 is 10.3 Å². The molecule has 0 spiro atoms. The van der Waals surface area contributed by atoms with Gasteiger partial charge in [0.05, 0.1) is 11.4 Å². The van der Waals surface area contributed by atoms with Crippen LogP contribution in [0.1, 0.15) is 74.4 Å². The molecule has 186 valence electrons. The molecule has 0 aliphatic heterocycles. The van der Waals surface area contributed by atoms with E-state index in [-0.39, 0.29) is 22.9 Å². The summed E-state index contributed by atoms with van der Waals surface area (Å²) in [5.74, 6) is 0.118. The molecule has 0 radical (unpaired) electrons. The summed E-state index contributed by atoms with van der Waals surface area (Å²) in [5.41, 5.74) is 4.68. The van der Waals surface area contributed by atoms with Crippen molar-refractivity contribution in [3.8, 4) is 0 Å². The van der Waals surface area contributed by atoms with Gasteiger partial charge in [0.2, 0.25) is 0 Å². The number of sulfone groups is 1. The van der Waals surface area contributed by atoms with Gasteiger partial charge in [0.1, 0.15) is 9.84 Å². The zero-order valence-electron chi connectivity index (χ0n) is 21.4. The number of carbonyl (C=O) groups excluding carboxylic acids is 1. The molecule has 1 aromatic heterocycles. The Labute approximate surface area is 204 Å². The highest BCUT2D eigenvalue weighted by molar-refractivity contribution is 7.90. The molecule has 0 unspecified atom stereocenters. The normalized spacial score (nSPS) is 16.4. The lowest BCUT2D eigenvalue weighted by Crippen LogP contribution is -2.41. The largest absolute Gasteiger partial charge is 0.340 e. The van der Waals surface area contributed by atoms with E-state index >= 15 is 0 Å². The van der Waals surface area contributed by atoms with Gasteiger partial charge >= 0.3 is 0 Å². The number of aromatic amines is 1. The number of anilines is 1. The molecule has 34 heavy (non-hydrogen) atoms. The Morgan fingerprint density at radius 3 is 2.56 bits per heavy atom. The minimum atomic E-state index is -3.05. The quantitative estimate of drug-likeness (QED) is 0.560. The maximum absolute atomic E-state index is 12.8. The Morgan fingerprint density at radius 2 is 2.00 bits per heavy atom. The predicted octanol–water partition coefficient (Wildman–Crippen LogP) is 4.78. The van der Waals surface area contributed by atoms with E-state index < -0.39 is 15.4 Å². The van der Waals surface area contributed by atoms with E-state index in [2.05, 4.69) is 60.0 Å². The van der Waals surface area contributed by atoms with Crippen LogP contribution in [0.4, 0.5) is 5.69 Å². The lowest BCUT2D eigenvalue weighted by molar-refractivity contribution is 0.101. The molecule has 0 saturated heterocycles. The fraction of sp³-hybridized carbons (Fsp3) is 0.538. The number of benzene rings is 1. The van der Waals surface area contributed by atoms with Gasteiger partial charge in [-0.2, -0.15) is 0 Å². The molecule has 8 heteroatoms. The van der Waals surface area contributed by atoms with E-state index in [1.54, 1.807) is 6.20 Å². The summed E-state index contributed by atoms with van der Waals surface area (Å²) in [6.07, 6.45) is 8.25. The van der Waals surface area contributed by atoms with Crippen LogP contribution in [0.15, 0.2) is 30.5 Å². The summed E-state index contributed by atoms with van der Waals surface area (Å²) in [6, 6.07) is 6.10. The van der Waals surface area contributed by atoms with E-state index in [0.717, 1.165) is 41.8 Å². The molecule has 2 N–H and O–H groups in total. The van der Waals surface area contributed by atoms with Crippen molar-refractivity contribution >= 4 is 27.0 Å². The Kier molecular flexibility index (Phi) is 7.43. The smallest absolute Gasteiger partial charge is 0.291 e. The third-order valence-electron chi connectivity index (χ3n) is 6.97. The monoisotopic (exact) mass is 486 g/mol. The number of aryl methyl sites for hydroxylation is 1. The van der Waals surface area contributed by atoms with E-state index in [1.807, 2.05) is 26.1 Å². The fourth-order valence-electron chi connectivity index (χ4n) is 4.13. The second-order valence-electron chi connectivity index (χ2n) is 10.8. The molecule has 0 saturated carbocycles. The Hall–Kier alpha value is -2.45. The highest BCUT2D eigenvalue weighted by Crippen LogP contribution is 2.41. The van der Waals surface area contributed by atoms with E-state index in [4.69, 9.17) is 0 Å². The molecular weight excluding hydrogens is 448 g/mol. The lowest BCUT2D eigenvalue weighted by Gasteiger charge is -2.37. The Morgan fingerprint density at radius 1 is 1.29 bits per heavy atom. The third kappa shape index (κ3) is 6.36. The van der Waals surface area contributed by atoms with Gasteiger partial charge in [0.25, 0.3) is 5.91 Å². The maximum Gasteiger partial charge on any atom is 0.291 e. The number of carbonyl (C=O) groups is 1. The van der Waals surface area contributed by atoms with Crippen LogP contribution in [0.3, 0.4) is 0 Å². The summed E-state index contributed by atoms with van der Waals surface area (Å²) in [4.78, 5) is 22.1. The highest BCUT2D eigenvalue weighted by Gasteiger charge is 2.29. The van der Waals surface area contributed by atoms with Gasteiger partial charge in [-0.3, -0.25) is 9.69 Å². The average Bonchev–Trinajstić information content (AvgIpc) is 3.18. The molecule has 0 fully saturated rings. The van der Waals surface area contributed by atoms with Crippen molar-refractivity contribution in [1.82, 2.24) is 14.9 Å². The average molecular weight is 487 g/mol. The van der Waals surface area contributed by atoms with Crippen LogP contribution in [0.25, 0.3) is 5.57 Å². The number of hydrogen-bond acceptors (Lipinski definition) is 5. The Bertz CT molecular complexity index is 1190. The van der Waals surface area contributed by atoms with E-state index in [9.17, 15) is 13.2 Å². The fourth-order valence-corrected chi connectivity index (χ4v) is 4.74. The first-order valence-electron chi connectivity index (χ1n) is 11.7. The number of nitrogens with zero attached hydrogens (tertiary/aromatic N) is 2. The minimum absolute atomic E-state index is 0.108. The summed E-state index contributed by atoms with van der Waals surface area (Å²) in [7, 11) is -1.10. The van der Waals surface area contributed by atoms with Crippen molar-refractivity contribution < 1.29 is 13.2 Å². The molecule has 3 rings (SSSR count). The molecule has 7 nitrogen and oxygen atoms in total. The zero-order valence-corrected chi connectivity index (χ0v) is 22.3. The van der Waals surface area contributed by atoms with Gasteiger partial charge in [0.15, 0.2) is 5.82 Å². The molecule has 1 heterocycles. The summed E-state index contributed by atoms with van der Waals surface area (Å²) < 4.78 is 23.4. The van der Waals surface area contributed by atoms with Crippen LogP contribution in [0, 0.1) is 12.3 Å². The van der Waals surface area contributed by atoms with Crippen molar-refractivity contribution in [2.45, 2.75) is 59.4 Å². The van der Waals surface area contributed by atoms with Crippen LogP contribution >= 0.6 is 0 Å². The number of nitrogens with one attached hydrogen (secondary N) is 2. The summed E-state index contributed by atoms with van der Waals surface area (Å²) >= 11 is 0. The molecule has 1 aliphatic rings. The zero-order chi connectivity index (χ0) is 25.3. The number of allylic oxidation sites excluding steroid dienone is 2. The van der Waals surface area contributed by atoms with Crippen molar-refractivity contribution in [3.63, 3.8) is 0 Å². The predicted molar refractivity (Wildman–Crippen MR) is 139 cm³/mol. The lowest BCUT2D eigenvalue weighted by atomic mass is 9.76. The Balaban J connectivity index is 1.97. The van der Waals surface area contributed by atoms with Gasteiger partial charge in [-0.05, 0) is 75.8 Å². The number of rotatable bonds is 8. The number of hydrogen-bond donors (Lipinski definition) is 2. The summed E-state index contributed by atoms with van der Waals surface area (Å²) in [6.45, 7) is 11.0. The number of amides is 1. The maximum atomic E-state index is 12.8. The molecule has 1 aromatic carbocycles. The van der Waals surface area contributed by atoms with Gasteiger partial charge in [-0.15, -0.1) is 0 Å². The van der Waals surface area contributed by atoms with Crippen LogP contribution in [0.2, 0.25) is 0 Å². The minimum Gasteiger partial charge on any atom is -0.340 e. The van der Waals surface area contributed by atoms with Crippen LogP contribution < -0.4 is 5.32 Å². The molecule has 1 aliphatic carbocycles. The number of aromatic nitrogens is 2. The number of imidazole rings is 1. The van der Waals surface area contributed by atoms with Crippen molar-refractivity contribution in [2.75, 3.05) is 30.9 Å². The first kappa shape index (κ1) is 26.2. The SMILES string of the molecule is Cc1c[nH]c(C(=O)Nc2ccc(C(C)(C)N(C)CCS(C)(=O)=O)cc2C2=CCC(C)(C)CC2)n1. The molecule has 0 bridgehead atoms. The third-order valence-corrected chi connectivity index (χ3v) is 7.89. The van der Waals surface area contributed by atoms with E-state index in [0.29, 0.717) is 6.54 Å². The van der Waals surface area contributed by atoms with Crippen LogP contribution in [-0.4, -0.2) is 54.8 Å². The van der Waals surface area contributed by atoms with Gasteiger partial charge in [-0.25, -0.2) is 13.4 Å². The second kappa shape index (κ2) is 9.66. The van der Waals surface area contributed by atoms with Crippen molar-refractivity contribution in [2.24, 2.45) is 5.41 Å². The van der Waals surface area contributed by atoms with Crippen molar-refractivity contribution in [3.05, 3.63) is 53.1 Å². The molecular formula is C26H38N4O3S. The van der Waals surface area contributed by atoms with Crippen molar-refractivity contribution in [1.29, 1.82) is 0 Å². The first-order valence-corrected chi connectivity index (χ1v) is 13.8. The first-order chi connectivity index (χ1) is 15.7. The molecule has 2 aromatic rings. The van der Waals surface area contributed by atoms with Crippen LogP contribution in [0.5, 0.6) is 0 Å².